The lowest BCUT2D eigenvalue weighted by molar-refractivity contribution is 0.103. The molecule has 5 rings (SSSR count). The monoisotopic (exact) mass is 553 g/mol. The van der Waals surface area contributed by atoms with E-state index in [-0.39, 0.29) is 11.7 Å². The summed E-state index contributed by atoms with van der Waals surface area (Å²) < 4.78 is 6.20. The first-order chi connectivity index (χ1) is 20.4. The highest BCUT2D eigenvalue weighted by atomic mass is 16.5. The van der Waals surface area contributed by atoms with Crippen molar-refractivity contribution in [1.29, 1.82) is 0 Å². The van der Waals surface area contributed by atoms with E-state index in [1.807, 2.05) is 62.4 Å². The third-order valence-electron chi connectivity index (χ3n) is 7.67. The molecule has 0 aromatic heterocycles. The van der Waals surface area contributed by atoms with Gasteiger partial charge in [-0.05, 0) is 83.5 Å². The van der Waals surface area contributed by atoms with Crippen LogP contribution in [0.5, 0.6) is 5.75 Å². The maximum atomic E-state index is 14.0. The highest BCUT2D eigenvalue weighted by molar-refractivity contribution is 6.11. The largest absolute Gasteiger partial charge is 0.489 e. The third kappa shape index (κ3) is 6.98. The molecule has 5 aromatic carbocycles. The molecule has 0 bridgehead atoms. The SMILES string of the molecule is Cc1cc(N(Cc2ccccc2)Cc2ccccc2)cc(C)c1C(=O)c1ccc(OCc2ccccc2)c(C(C)C)c1. The second-order valence-corrected chi connectivity index (χ2v) is 11.3. The molecule has 0 N–H and O–H groups in total. The Balaban J connectivity index is 1.43. The summed E-state index contributed by atoms with van der Waals surface area (Å²) in [5.41, 5.74) is 9.20. The van der Waals surface area contributed by atoms with Gasteiger partial charge in [-0.15, -0.1) is 0 Å². The smallest absolute Gasteiger partial charge is 0.193 e. The third-order valence-corrected chi connectivity index (χ3v) is 7.67. The lowest BCUT2D eigenvalue weighted by Crippen LogP contribution is -2.23. The van der Waals surface area contributed by atoms with E-state index in [0.717, 1.165) is 52.3 Å². The van der Waals surface area contributed by atoms with E-state index in [0.29, 0.717) is 12.2 Å². The van der Waals surface area contributed by atoms with Crippen LogP contribution in [0.3, 0.4) is 0 Å². The Kier molecular flexibility index (Phi) is 9.18. The number of carbonyl (C=O) groups is 1. The Morgan fingerprint density at radius 2 is 1.17 bits per heavy atom. The predicted molar refractivity (Wildman–Crippen MR) is 173 cm³/mol. The number of nitrogens with zero attached hydrogens (tertiary/aromatic N) is 1. The van der Waals surface area contributed by atoms with Crippen molar-refractivity contribution < 1.29 is 9.53 Å². The molecule has 5 aromatic rings. The van der Waals surface area contributed by atoms with Gasteiger partial charge in [-0.3, -0.25) is 4.79 Å². The minimum Gasteiger partial charge on any atom is -0.489 e. The molecule has 0 atom stereocenters. The summed E-state index contributed by atoms with van der Waals surface area (Å²) in [4.78, 5) is 16.3. The van der Waals surface area contributed by atoms with Crippen LogP contribution in [0.2, 0.25) is 0 Å². The summed E-state index contributed by atoms with van der Waals surface area (Å²) in [6, 6.07) is 41.4. The number of hydrogen-bond acceptors (Lipinski definition) is 3. The summed E-state index contributed by atoms with van der Waals surface area (Å²) in [5, 5.41) is 0. The average molecular weight is 554 g/mol. The maximum Gasteiger partial charge on any atom is 0.193 e. The van der Waals surface area contributed by atoms with Crippen molar-refractivity contribution in [2.45, 2.75) is 53.3 Å². The molecule has 0 spiro atoms. The number of hydrogen-bond donors (Lipinski definition) is 0. The molecule has 0 aliphatic rings. The fraction of sp³-hybridized carbons (Fsp3) is 0.205. The Morgan fingerprint density at radius 3 is 1.67 bits per heavy atom. The van der Waals surface area contributed by atoms with Crippen molar-refractivity contribution in [2.24, 2.45) is 0 Å². The molecule has 212 valence electrons. The van der Waals surface area contributed by atoms with Gasteiger partial charge in [-0.1, -0.05) is 105 Å². The minimum atomic E-state index is 0.0470. The topological polar surface area (TPSA) is 29.5 Å². The highest BCUT2D eigenvalue weighted by Crippen LogP contribution is 2.32. The van der Waals surface area contributed by atoms with Gasteiger partial charge in [0.25, 0.3) is 0 Å². The summed E-state index contributed by atoms with van der Waals surface area (Å²) >= 11 is 0. The van der Waals surface area contributed by atoms with Crippen LogP contribution < -0.4 is 9.64 Å². The molecule has 0 aliphatic heterocycles. The van der Waals surface area contributed by atoms with Gasteiger partial charge in [0.15, 0.2) is 5.78 Å². The number of aryl methyl sites for hydroxylation is 2. The molecule has 0 saturated carbocycles. The van der Waals surface area contributed by atoms with E-state index in [1.54, 1.807) is 0 Å². The standard InChI is InChI=1S/C39H39NO2/c1-28(2)36-24-34(20-21-37(36)42-27-33-18-12-7-13-19-33)39(41)38-29(3)22-35(23-30(38)4)40(25-31-14-8-5-9-15-31)26-32-16-10-6-11-17-32/h5-24,28H,25-27H2,1-4H3. The van der Waals surface area contributed by atoms with E-state index in [4.69, 9.17) is 4.74 Å². The Morgan fingerprint density at radius 1 is 0.667 bits per heavy atom. The van der Waals surface area contributed by atoms with E-state index >= 15 is 0 Å². The van der Waals surface area contributed by atoms with Crippen LogP contribution in [0, 0.1) is 13.8 Å². The summed E-state index contributed by atoms with van der Waals surface area (Å²) in [6.45, 7) is 10.4. The van der Waals surface area contributed by atoms with Crippen LogP contribution in [0.15, 0.2) is 121 Å². The van der Waals surface area contributed by atoms with Gasteiger partial charge in [-0.2, -0.15) is 0 Å². The highest BCUT2D eigenvalue weighted by Gasteiger charge is 2.20. The zero-order valence-electron chi connectivity index (χ0n) is 25.0. The molecule has 3 nitrogen and oxygen atoms in total. The first kappa shape index (κ1) is 28.9. The molecular formula is C39H39NO2. The summed E-state index contributed by atoms with van der Waals surface area (Å²) in [5.74, 6) is 1.09. The van der Waals surface area contributed by atoms with Crippen LogP contribution in [0.4, 0.5) is 5.69 Å². The zero-order chi connectivity index (χ0) is 29.5. The maximum absolute atomic E-state index is 14.0. The van der Waals surface area contributed by atoms with Crippen LogP contribution in [0.1, 0.15) is 69.1 Å². The molecule has 0 saturated heterocycles. The molecule has 0 aliphatic carbocycles. The van der Waals surface area contributed by atoms with Crippen LogP contribution in [-0.2, 0) is 19.7 Å². The van der Waals surface area contributed by atoms with E-state index in [9.17, 15) is 4.79 Å². The van der Waals surface area contributed by atoms with Crippen LogP contribution >= 0.6 is 0 Å². The van der Waals surface area contributed by atoms with Gasteiger partial charge in [0.1, 0.15) is 12.4 Å². The molecule has 0 amide bonds. The molecule has 0 heterocycles. The minimum absolute atomic E-state index is 0.0470. The number of rotatable bonds is 11. The van der Waals surface area contributed by atoms with Crippen LogP contribution in [-0.4, -0.2) is 5.78 Å². The number of ether oxygens (including phenoxy) is 1. The normalized spacial score (nSPS) is 11.0. The summed E-state index contributed by atoms with van der Waals surface area (Å²) in [6.07, 6.45) is 0. The van der Waals surface area contributed by atoms with Gasteiger partial charge in [0.05, 0.1) is 0 Å². The second-order valence-electron chi connectivity index (χ2n) is 11.3. The van der Waals surface area contributed by atoms with Gasteiger partial charge in [0.2, 0.25) is 0 Å². The van der Waals surface area contributed by atoms with Crippen LogP contribution in [0.25, 0.3) is 0 Å². The number of ketones is 1. The molecule has 0 fully saturated rings. The molecule has 0 unspecified atom stereocenters. The first-order valence-electron chi connectivity index (χ1n) is 14.7. The van der Waals surface area contributed by atoms with E-state index in [1.165, 1.54) is 11.1 Å². The number of benzene rings is 5. The van der Waals surface area contributed by atoms with Gasteiger partial charge < -0.3 is 9.64 Å². The lowest BCUT2D eigenvalue weighted by atomic mass is 9.91. The van der Waals surface area contributed by atoms with Crippen molar-refractivity contribution in [1.82, 2.24) is 0 Å². The van der Waals surface area contributed by atoms with Crippen molar-refractivity contribution in [3.8, 4) is 5.75 Å². The van der Waals surface area contributed by atoms with Crippen molar-refractivity contribution in [3.63, 3.8) is 0 Å². The van der Waals surface area contributed by atoms with E-state index in [2.05, 4.69) is 91.5 Å². The number of carbonyl (C=O) groups excluding carboxylic acids is 1. The van der Waals surface area contributed by atoms with E-state index < -0.39 is 0 Å². The van der Waals surface area contributed by atoms with Gasteiger partial charge in [-0.25, -0.2) is 0 Å². The summed E-state index contributed by atoms with van der Waals surface area (Å²) in [7, 11) is 0. The lowest BCUT2D eigenvalue weighted by Gasteiger charge is -2.27. The Labute approximate surface area is 250 Å². The first-order valence-corrected chi connectivity index (χ1v) is 14.7. The van der Waals surface area contributed by atoms with Crippen molar-refractivity contribution >= 4 is 11.5 Å². The fourth-order valence-corrected chi connectivity index (χ4v) is 5.48. The average Bonchev–Trinajstić information content (AvgIpc) is 3.00. The fourth-order valence-electron chi connectivity index (χ4n) is 5.48. The van der Waals surface area contributed by atoms with Crippen molar-refractivity contribution in [3.05, 3.63) is 166 Å². The molecular weight excluding hydrogens is 514 g/mol. The predicted octanol–water partition coefficient (Wildman–Crippen LogP) is 9.44. The quantitative estimate of drug-likeness (QED) is 0.153. The van der Waals surface area contributed by atoms with Crippen molar-refractivity contribution in [2.75, 3.05) is 4.90 Å². The Bertz CT molecular complexity index is 1560. The molecule has 0 radical (unpaired) electrons. The molecule has 42 heavy (non-hydrogen) atoms. The van der Waals surface area contributed by atoms with Gasteiger partial charge >= 0.3 is 0 Å². The molecule has 3 heteroatoms. The second kappa shape index (κ2) is 13.4. The zero-order valence-corrected chi connectivity index (χ0v) is 25.0. The number of anilines is 1. The Hall–Kier alpha value is -4.63. The van der Waals surface area contributed by atoms with Gasteiger partial charge in [0, 0.05) is 29.9 Å².